The molecule has 0 bridgehead atoms. The Kier molecular flexibility index (Phi) is 4.87. The molecule has 0 radical (unpaired) electrons. The van der Waals surface area contributed by atoms with Crippen LogP contribution in [0.4, 0.5) is 4.39 Å². The molecule has 0 aliphatic carbocycles. The molecule has 4 nitrogen and oxygen atoms in total. The number of hydrazine groups is 1. The van der Waals surface area contributed by atoms with Crippen molar-refractivity contribution in [2.45, 2.75) is 32.0 Å². The molecule has 1 aliphatic heterocycles. The number of hydrogen-bond donors (Lipinski definition) is 2. The van der Waals surface area contributed by atoms with Gasteiger partial charge >= 0.3 is 0 Å². The molecule has 106 valence electrons. The van der Waals surface area contributed by atoms with E-state index < -0.39 is 0 Å². The van der Waals surface area contributed by atoms with E-state index >= 15 is 0 Å². The van der Waals surface area contributed by atoms with Gasteiger partial charge in [0.25, 0.3) is 0 Å². The number of ether oxygens (including phenoxy) is 1. The van der Waals surface area contributed by atoms with Crippen LogP contribution in [-0.4, -0.2) is 36.7 Å². The van der Waals surface area contributed by atoms with Crippen molar-refractivity contribution in [3.05, 3.63) is 35.6 Å². The Hall–Kier alpha value is -1.01. The Balaban J connectivity index is 2.13. The molecule has 2 atom stereocenters. The van der Waals surface area contributed by atoms with Crippen LogP contribution in [0.15, 0.2) is 24.3 Å². The lowest BCUT2D eigenvalue weighted by atomic mass is 10.00. The molecule has 0 aromatic heterocycles. The van der Waals surface area contributed by atoms with E-state index in [4.69, 9.17) is 10.6 Å². The fourth-order valence-corrected chi connectivity index (χ4v) is 2.49. The minimum Gasteiger partial charge on any atom is -0.374 e. The Bertz CT molecular complexity index is 413. The molecule has 1 saturated heterocycles. The molecule has 0 saturated carbocycles. The topological polar surface area (TPSA) is 50.5 Å². The lowest BCUT2D eigenvalue weighted by Gasteiger charge is -2.38. The van der Waals surface area contributed by atoms with Gasteiger partial charge in [0.05, 0.1) is 18.8 Å². The highest BCUT2D eigenvalue weighted by Gasteiger charge is 2.29. The monoisotopic (exact) mass is 267 g/mol. The highest BCUT2D eigenvalue weighted by Crippen LogP contribution is 2.23. The Morgan fingerprint density at radius 1 is 1.47 bits per heavy atom. The minimum atomic E-state index is -0.255. The van der Waals surface area contributed by atoms with Gasteiger partial charge in [0.2, 0.25) is 0 Å². The molecule has 1 aliphatic rings. The van der Waals surface area contributed by atoms with E-state index in [9.17, 15) is 4.39 Å². The first-order valence-electron chi connectivity index (χ1n) is 6.69. The normalized spacial score (nSPS) is 22.7. The molecule has 3 N–H and O–H groups in total. The van der Waals surface area contributed by atoms with Gasteiger partial charge < -0.3 is 4.74 Å². The maximum Gasteiger partial charge on any atom is 0.123 e. The number of rotatable bonds is 4. The summed E-state index contributed by atoms with van der Waals surface area (Å²) in [5.41, 5.74) is 3.57. The first-order chi connectivity index (χ1) is 9.11. The van der Waals surface area contributed by atoms with Gasteiger partial charge in [-0.1, -0.05) is 12.1 Å². The van der Waals surface area contributed by atoms with E-state index in [2.05, 4.69) is 24.2 Å². The molecule has 1 aromatic carbocycles. The summed E-state index contributed by atoms with van der Waals surface area (Å²) in [6, 6.07) is 6.76. The highest BCUT2D eigenvalue weighted by molar-refractivity contribution is 5.21. The summed E-state index contributed by atoms with van der Waals surface area (Å²) < 4.78 is 19.1. The fourth-order valence-electron chi connectivity index (χ4n) is 2.49. The van der Waals surface area contributed by atoms with Crippen LogP contribution < -0.4 is 11.3 Å². The standard InChI is InChI=1S/C14H22FN3O/c1-10(2)18-6-7-19-13(9-18)14(17-16)11-4-3-5-12(15)8-11/h3-5,8,10,13-14,17H,6-7,9,16H2,1-2H3. The number of nitrogens with two attached hydrogens (primary N) is 1. The van der Waals surface area contributed by atoms with Gasteiger partial charge in [-0.3, -0.25) is 16.2 Å². The van der Waals surface area contributed by atoms with E-state index in [1.807, 2.05) is 6.07 Å². The predicted molar refractivity (Wildman–Crippen MR) is 72.9 cm³/mol. The summed E-state index contributed by atoms with van der Waals surface area (Å²) >= 11 is 0. The quantitative estimate of drug-likeness (QED) is 0.640. The third kappa shape index (κ3) is 3.51. The van der Waals surface area contributed by atoms with Crippen LogP contribution in [0.3, 0.4) is 0 Å². The van der Waals surface area contributed by atoms with E-state index in [0.29, 0.717) is 12.6 Å². The second-order valence-electron chi connectivity index (χ2n) is 5.20. The van der Waals surface area contributed by atoms with E-state index in [1.165, 1.54) is 12.1 Å². The Morgan fingerprint density at radius 3 is 2.89 bits per heavy atom. The second kappa shape index (κ2) is 6.43. The molecule has 1 aromatic rings. The van der Waals surface area contributed by atoms with Crippen molar-refractivity contribution in [2.24, 2.45) is 5.84 Å². The summed E-state index contributed by atoms with van der Waals surface area (Å²) in [7, 11) is 0. The summed E-state index contributed by atoms with van der Waals surface area (Å²) in [6.45, 7) is 6.72. The van der Waals surface area contributed by atoms with Crippen LogP contribution in [-0.2, 0) is 4.74 Å². The lowest BCUT2D eigenvalue weighted by molar-refractivity contribution is -0.0561. The van der Waals surface area contributed by atoms with E-state index in [-0.39, 0.29) is 18.0 Å². The van der Waals surface area contributed by atoms with Crippen molar-refractivity contribution in [2.75, 3.05) is 19.7 Å². The van der Waals surface area contributed by atoms with Crippen LogP contribution in [0.1, 0.15) is 25.5 Å². The zero-order valence-corrected chi connectivity index (χ0v) is 11.5. The molecule has 5 heteroatoms. The molecule has 1 fully saturated rings. The molecule has 2 rings (SSSR count). The first kappa shape index (κ1) is 14.4. The number of nitrogens with zero attached hydrogens (tertiary/aromatic N) is 1. The molecule has 0 amide bonds. The van der Waals surface area contributed by atoms with E-state index in [1.54, 1.807) is 6.07 Å². The third-order valence-electron chi connectivity index (χ3n) is 3.61. The largest absolute Gasteiger partial charge is 0.374 e. The van der Waals surface area contributed by atoms with Gasteiger partial charge in [-0.2, -0.15) is 0 Å². The van der Waals surface area contributed by atoms with Crippen LogP contribution in [0.5, 0.6) is 0 Å². The third-order valence-corrected chi connectivity index (χ3v) is 3.61. The number of benzene rings is 1. The highest BCUT2D eigenvalue weighted by atomic mass is 19.1. The van der Waals surface area contributed by atoms with Gasteiger partial charge in [0, 0.05) is 19.1 Å². The van der Waals surface area contributed by atoms with Crippen LogP contribution in [0.25, 0.3) is 0 Å². The van der Waals surface area contributed by atoms with Crippen molar-refractivity contribution in [1.82, 2.24) is 10.3 Å². The van der Waals surface area contributed by atoms with Crippen LogP contribution >= 0.6 is 0 Å². The molecule has 0 spiro atoms. The summed E-state index contributed by atoms with van der Waals surface area (Å²) in [4.78, 5) is 2.35. The van der Waals surface area contributed by atoms with Crippen molar-refractivity contribution >= 4 is 0 Å². The van der Waals surface area contributed by atoms with Gasteiger partial charge in [-0.25, -0.2) is 4.39 Å². The van der Waals surface area contributed by atoms with Crippen molar-refractivity contribution in [3.63, 3.8) is 0 Å². The molecule has 19 heavy (non-hydrogen) atoms. The van der Waals surface area contributed by atoms with Gasteiger partial charge in [0.1, 0.15) is 5.82 Å². The average molecular weight is 267 g/mol. The second-order valence-corrected chi connectivity index (χ2v) is 5.20. The fraction of sp³-hybridized carbons (Fsp3) is 0.571. The average Bonchev–Trinajstić information content (AvgIpc) is 2.40. The maximum absolute atomic E-state index is 13.3. The van der Waals surface area contributed by atoms with Crippen molar-refractivity contribution < 1.29 is 9.13 Å². The van der Waals surface area contributed by atoms with Gasteiger partial charge in [0.15, 0.2) is 0 Å². The molecule has 2 unspecified atom stereocenters. The zero-order valence-electron chi connectivity index (χ0n) is 11.5. The number of halogens is 1. The Labute approximate surface area is 113 Å². The van der Waals surface area contributed by atoms with Crippen LogP contribution in [0, 0.1) is 5.82 Å². The zero-order chi connectivity index (χ0) is 13.8. The first-order valence-corrected chi connectivity index (χ1v) is 6.69. The summed E-state index contributed by atoms with van der Waals surface area (Å²) in [5, 5.41) is 0. The number of hydrogen-bond acceptors (Lipinski definition) is 4. The summed E-state index contributed by atoms with van der Waals surface area (Å²) in [6.07, 6.45) is -0.0667. The number of morpholine rings is 1. The van der Waals surface area contributed by atoms with Gasteiger partial charge in [-0.05, 0) is 31.5 Å². The molecular weight excluding hydrogens is 245 g/mol. The molecule has 1 heterocycles. The molecular formula is C14H22FN3O. The Morgan fingerprint density at radius 2 is 2.26 bits per heavy atom. The summed E-state index contributed by atoms with van der Waals surface area (Å²) in [5.74, 6) is 5.38. The van der Waals surface area contributed by atoms with E-state index in [0.717, 1.165) is 18.7 Å². The maximum atomic E-state index is 13.3. The van der Waals surface area contributed by atoms with Crippen molar-refractivity contribution in [3.8, 4) is 0 Å². The smallest absolute Gasteiger partial charge is 0.123 e. The SMILES string of the molecule is CC(C)N1CCOC(C(NN)c2cccc(F)c2)C1. The van der Waals surface area contributed by atoms with Crippen LogP contribution in [0.2, 0.25) is 0 Å². The lowest BCUT2D eigenvalue weighted by Crippen LogP contribution is -2.51. The number of nitrogens with one attached hydrogen (secondary N) is 1. The minimum absolute atomic E-state index is 0.0667. The predicted octanol–water partition coefficient (Wildman–Crippen LogP) is 1.44. The van der Waals surface area contributed by atoms with Crippen molar-refractivity contribution in [1.29, 1.82) is 0 Å². The van der Waals surface area contributed by atoms with Gasteiger partial charge in [-0.15, -0.1) is 0 Å².